The Morgan fingerprint density at radius 2 is 1.65 bits per heavy atom. The lowest BCUT2D eigenvalue weighted by Gasteiger charge is -2.38. The first-order valence-electron chi connectivity index (χ1n) is 17.1. The fourth-order valence-electron chi connectivity index (χ4n) is 7.04. The summed E-state index contributed by atoms with van der Waals surface area (Å²) in [7, 11) is 1.22. The number of benzene rings is 2. The second kappa shape index (κ2) is 16.0. The Morgan fingerprint density at radius 3 is 2.31 bits per heavy atom. The molecule has 2 aromatic carbocycles. The van der Waals surface area contributed by atoms with E-state index in [-0.39, 0.29) is 75.8 Å². The minimum absolute atomic E-state index is 0.00120. The number of alkyl halides is 6. The molecule has 4 heterocycles. The number of hydroxylamine groups is 1. The molecule has 0 bridgehead atoms. The topological polar surface area (TPSA) is 129 Å². The van der Waals surface area contributed by atoms with E-state index in [0.717, 1.165) is 27.3 Å². The Balaban J connectivity index is 1.38. The van der Waals surface area contributed by atoms with Crippen molar-refractivity contribution in [2.45, 2.75) is 63.1 Å². The summed E-state index contributed by atoms with van der Waals surface area (Å²) in [5.74, 6) is -2.27. The zero-order valence-electron chi connectivity index (χ0n) is 29.3. The molecule has 296 valence electrons. The van der Waals surface area contributed by atoms with Gasteiger partial charge in [0.1, 0.15) is 23.8 Å². The number of ether oxygens (including phenoxy) is 2. The first-order chi connectivity index (χ1) is 26.1. The fraction of sp³-hybridized carbons (Fsp3) is 0.417. The maximum Gasteiger partial charge on any atom is 0.449 e. The van der Waals surface area contributed by atoms with Crippen LogP contribution < -0.4 is 22.0 Å². The van der Waals surface area contributed by atoms with Crippen molar-refractivity contribution in [3.05, 3.63) is 127 Å². The fourth-order valence-corrected chi connectivity index (χ4v) is 7.04. The molecule has 19 heteroatoms. The highest BCUT2D eigenvalue weighted by Gasteiger charge is 2.47. The molecule has 1 atom stereocenters. The molecule has 1 fully saturated rings. The SMILES string of the molecule is CONC(=O)OCCNC(Cn1c(=O)c2c(n(Cc3c(F)cccc3C(F)(F)F)c1=O)COC21CCN(Cc2ccc(C(F)(F)F)o2)CC1)c1ccccc1. The number of carbonyl (C=O) groups is 1. The molecule has 2 aliphatic heterocycles. The number of piperidine rings is 1. The largest absolute Gasteiger partial charge is 0.455 e. The number of hydrogen-bond acceptors (Lipinski definition) is 9. The Labute approximate surface area is 308 Å². The number of hydrogen-bond donors (Lipinski definition) is 2. The van der Waals surface area contributed by atoms with Gasteiger partial charge < -0.3 is 19.2 Å². The van der Waals surface area contributed by atoms with Crippen LogP contribution in [0.1, 0.15) is 58.4 Å². The monoisotopic (exact) mass is 783 g/mol. The molecule has 2 aliphatic rings. The molecule has 12 nitrogen and oxygen atoms in total. The summed E-state index contributed by atoms with van der Waals surface area (Å²) in [5, 5.41) is 3.14. The van der Waals surface area contributed by atoms with Gasteiger partial charge in [0.2, 0.25) is 5.76 Å². The Kier molecular flexibility index (Phi) is 11.6. The van der Waals surface area contributed by atoms with Crippen molar-refractivity contribution in [3.8, 4) is 0 Å². The van der Waals surface area contributed by atoms with Crippen LogP contribution in [0.3, 0.4) is 0 Å². The molecule has 1 saturated heterocycles. The Hall–Kier alpha value is -4.98. The van der Waals surface area contributed by atoms with Gasteiger partial charge in [-0.05, 0) is 42.7 Å². The predicted molar refractivity (Wildman–Crippen MR) is 179 cm³/mol. The molecule has 55 heavy (non-hydrogen) atoms. The number of rotatable bonds is 12. The summed E-state index contributed by atoms with van der Waals surface area (Å²) in [4.78, 5) is 46.9. The number of aromatic nitrogens is 2. The standard InChI is InChI=1S/C36H36F7N5O7/c1-52-45-32(50)53-17-14-44-27(22-6-3-2-4-7-22)20-48-31(49)30-28(47(33(48)51)19-24-25(35(38,39)40)8-5-9-26(24)37)21-54-34(30)12-15-46(16-13-34)18-23-10-11-29(55-23)36(41,42)43/h2-11,27,44H,12-21H2,1H3,(H,45,50). The van der Waals surface area contributed by atoms with Crippen molar-refractivity contribution in [3.63, 3.8) is 0 Å². The van der Waals surface area contributed by atoms with Crippen LogP contribution in [-0.2, 0) is 58.5 Å². The average Bonchev–Trinajstić information content (AvgIpc) is 3.76. The lowest BCUT2D eigenvalue weighted by atomic mass is 9.85. The summed E-state index contributed by atoms with van der Waals surface area (Å²) in [6, 6.07) is 12.4. The molecule has 1 amide bonds. The number of furan rings is 1. The highest BCUT2D eigenvalue weighted by molar-refractivity contribution is 5.65. The van der Waals surface area contributed by atoms with E-state index in [4.69, 9.17) is 13.9 Å². The Bertz CT molecular complexity index is 2110. The van der Waals surface area contributed by atoms with Gasteiger partial charge in [-0.25, -0.2) is 14.0 Å². The van der Waals surface area contributed by atoms with Crippen LogP contribution in [0.15, 0.2) is 74.7 Å². The first-order valence-corrected chi connectivity index (χ1v) is 17.1. The molecular weight excluding hydrogens is 747 g/mol. The van der Waals surface area contributed by atoms with E-state index in [9.17, 15) is 40.7 Å². The van der Waals surface area contributed by atoms with E-state index >= 15 is 4.39 Å². The number of carbonyl (C=O) groups excluding carboxylic acids is 1. The normalized spacial score (nSPS) is 16.3. The van der Waals surface area contributed by atoms with Gasteiger partial charge >= 0.3 is 24.1 Å². The first kappa shape index (κ1) is 39.7. The van der Waals surface area contributed by atoms with Crippen molar-refractivity contribution in [1.82, 2.24) is 24.8 Å². The van der Waals surface area contributed by atoms with Gasteiger partial charge in [-0.1, -0.05) is 36.4 Å². The van der Waals surface area contributed by atoms with Crippen molar-refractivity contribution < 1.29 is 54.3 Å². The predicted octanol–water partition coefficient (Wildman–Crippen LogP) is 5.47. The number of halogens is 7. The van der Waals surface area contributed by atoms with Gasteiger partial charge in [-0.3, -0.25) is 23.7 Å². The van der Waals surface area contributed by atoms with Crippen molar-refractivity contribution in [1.29, 1.82) is 0 Å². The summed E-state index contributed by atoms with van der Waals surface area (Å²) in [6.07, 6.45) is -10.2. The van der Waals surface area contributed by atoms with Crippen LogP contribution in [0, 0.1) is 5.82 Å². The second-order valence-electron chi connectivity index (χ2n) is 13.1. The molecular formula is C36H36F7N5O7. The smallest absolute Gasteiger partial charge is 0.449 e. The minimum atomic E-state index is -4.97. The van der Waals surface area contributed by atoms with Crippen molar-refractivity contribution in [2.75, 3.05) is 33.4 Å². The zero-order valence-corrected chi connectivity index (χ0v) is 29.3. The molecule has 1 unspecified atom stereocenters. The van der Waals surface area contributed by atoms with Crippen LogP contribution >= 0.6 is 0 Å². The van der Waals surface area contributed by atoms with Gasteiger partial charge in [0, 0.05) is 25.2 Å². The van der Waals surface area contributed by atoms with E-state index < -0.39 is 70.6 Å². The van der Waals surface area contributed by atoms with E-state index in [1.165, 1.54) is 13.2 Å². The van der Waals surface area contributed by atoms with Crippen molar-refractivity contribution in [2.24, 2.45) is 0 Å². The molecule has 0 aliphatic carbocycles. The highest BCUT2D eigenvalue weighted by atomic mass is 19.4. The number of likely N-dealkylation sites (tertiary alicyclic amines) is 1. The second-order valence-corrected chi connectivity index (χ2v) is 13.1. The average molecular weight is 784 g/mol. The Morgan fingerprint density at radius 1 is 0.927 bits per heavy atom. The van der Waals surface area contributed by atoms with Gasteiger partial charge in [0.05, 0.1) is 56.2 Å². The van der Waals surface area contributed by atoms with Gasteiger partial charge in [0.25, 0.3) is 5.56 Å². The number of nitrogens with zero attached hydrogens (tertiary/aromatic N) is 3. The molecule has 6 rings (SSSR count). The number of nitrogens with one attached hydrogen (secondary N) is 2. The van der Waals surface area contributed by atoms with Crippen LogP contribution in [0.5, 0.6) is 0 Å². The van der Waals surface area contributed by atoms with Crippen molar-refractivity contribution >= 4 is 6.09 Å². The quantitative estimate of drug-likeness (QED) is 0.109. The molecule has 2 N–H and O–H groups in total. The van der Waals surface area contributed by atoms with E-state index in [1.807, 2.05) is 5.48 Å². The maximum atomic E-state index is 15.2. The van der Waals surface area contributed by atoms with E-state index in [1.54, 1.807) is 35.2 Å². The summed E-state index contributed by atoms with van der Waals surface area (Å²) < 4.78 is 115. The minimum Gasteiger partial charge on any atom is -0.455 e. The molecule has 0 radical (unpaired) electrons. The van der Waals surface area contributed by atoms with E-state index in [2.05, 4.69) is 10.2 Å². The number of fused-ring (bicyclic) bond motifs is 2. The number of amides is 1. The third-order valence-corrected chi connectivity index (χ3v) is 9.68. The summed E-state index contributed by atoms with van der Waals surface area (Å²) in [5.41, 5.74) is -2.54. The molecule has 4 aromatic rings. The van der Waals surface area contributed by atoms with Crippen LogP contribution in [0.25, 0.3) is 0 Å². The molecule has 1 spiro atoms. The summed E-state index contributed by atoms with van der Waals surface area (Å²) in [6.45, 7) is -1.21. The third kappa shape index (κ3) is 8.64. The lowest BCUT2D eigenvalue weighted by Crippen LogP contribution is -2.50. The third-order valence-electron chi connectivity index (χ3n) is 9.68. The summed E-state index contributed by atoms with van der Waals surface area (Å²) >= 11 is 0. The van der Waals surface area contributed by atoms with Crippen LogP contribution in [-0.4, -0.2) is 53.5 Å². The lowest BCUT2D eigenvalue weighted by molar-refractivity contribution is -0.153. The van der Waals surface area contributed by atoms with Gasteiger partial charge in [-0.2, -0.15) is 31.8 Å². The highest BCUT2D eigenvalue weighted by Crippen LogP contribution is 2.43. The molecule has 2 aromatic heterocycles. The van der Waals surface area contributed by atoms with Crippen LogP contribution in [0.4, 0.5) is 35.5 Å². The van der Waals surface area contributed by atoms with Gasteiger partial charge in [0.15, 0.2) is 0 Å². The van der Waals surface area contributed by atoms with Crippen LogP contribution in [0.2, 0.25) is 0 Å². The zero-order chi connectivity index (χ0) is 39.5. The molecule has 0 saturated carbocycles. The van der Waals surface area contributed by atoms with E-state index in [0.29, 0.717) is 11.6 Å². The maximum absolute atomic E-state index is 15.2. The van der Waals surface area contributed by atoms with Gasteiger partial charge in [-0.15, -0.1) is 0 Å².